The first-order valence-corrected chi connectivity index (χ1v) is 23.2. The number of hydrogen-bond donors (Lipinski definition) is 0. The van der Waals surface area contributed by atoms with Gasteiger partial charge in [-0.25, -0.2) is 18.8 Å². The van der Waals surface area contributed by atoms with Crippen molar-refractivity contribution in [1.29, 1.82) is 0 Å². The minimum Gasteiger partial charge on any atom is -0.491 e. The van der Waals surface area contributed by atoms with Crippen molar-refractivity contribution < 1.29 is 23.7 Å². The van der Waals surface area contributed by atoms with Crippen molar-refractivity contribution in [1.82, 2.24) is 29.2 Å². The van der Waals surface area contributed by atoms with Crippen LogP contribution in [0.4, 0.5) is 11.4 Å². The van der Waals surface area contributed by atoms with E-state index in [2.05, 4.69) is 49.0 Å². The number of aryl methyl sites for hydroxylation is 2. The highest BCUT2D eigenvalue weighted by Crippen LogP contribution is 2.41. The van der Waals surface area contributed by atoms with Crippen LogP contribution in [0.5, 0.6) is 11.5 Å². The number of hydrogen-bond acceptors (Lipinski definition) is 13. The summed E-state index contributed by atoms with van der Waals surface area (Å²) in [5.74, 6) is -0.418. The van der Waals surface area contributed by atoms with Gasteiger partial charge in [0.1, 0.15) is 43.5 Å². The van der Waals surface area contributed by atoms with Gasteiger partial charge in [0, 0.05) is 67.1 Å². The third kappa shape index (κ3) is 10.2. The van der Waals surface area contributed by atoms with Gasteiger partial charge in [0.05, 0.1) is 35.5 Å². The van der Waals surface area contributed by atoms with E-state index in [9.17, 15) is 9.59 Å². The predicted molar refractivity (Wildman–Crippen MR) is 259 cm³/mol. The fourth-order valence-electron chi connectivity index (χ4n) is 8.73. The Morgan fingerprint density at radius 2 is 1.60 bits per heavy atom. The van der Waals surface area contributed by atoms with E-state index in [4.69, 9.17) is 47.3 Å². The molecule has 0 bridgehead atoms. The molecule has 0 radical (unpaired) electrons. The van der Waals surface area contributed by atoms with E-state index in [0.29, 0.717) is 40.1 Å². The normalized spacial score (nSPS) is 18.7. The van der Waals surface area contributed by atoms with Crippen LogP contribution in [0.1, 0.15) is 58.9 Å². The van der Waals surface area contributed by atoms with Crippen LogP contribution in [0.15, 0.2) is 120 Å². The summed E-state index contributed by atoms with van der Waals surface area (Å²) in [6.07, 6.45) is 6.95. The number of ether oxygens (including phenoxy) is 4. The highest BCUT2D eigenvalue weighted by molar-refractivity contribution is 6.35. The lowest BCUT2D eigenvalue weighted by Gasteiger charge is -2.37. The van der Waals surface area contributed by atoms with Crippen molar-refractivity contribution in [2.45, 2.75) is 58.6 Å². The Morgan fingerprint density at radius 1 is 0.910 bits per heavy atom. The van der Waals surface area contributed by atoms with Crippen LogP contribution >= 0.6 is 23.2 Å². The molecular weight excluding hydrogens is 894 g/mol. The standard InChI is InChI=1S/C50H53Cl2N9O6/c1-5-36(4)61-49(63)60(32-55-61)42-11-9-40(10-12-42)57-19-21-58(22-20-57)41-13-15-43(16-14-41)64-28-44-29-65-50(67-44,45-17-8-39(51)25-46(45)52)30-59-33-56(31-54-59)27-37-23-34(2)47(35(3)24-37)66-48(62)38-7-6-18-53-26-38/h6-18,23-26,31-32,36,44H,5,19-22,27-30,33H2,1-4H3. The van der Waals surface area contributed by atoms with E-state index >= 15 is 0 Å². The molecule has 17 heteroatoms. The van der Waals surface area contributed by atoms with E-state index in [1.807, 2.05) is 75.2 Å². The van der Waals surface area contributed by atoms with Crippen LogP contribution in [0.25, 0.3) is 5.69 Å². The van der Waals surface area contributed by atoms with Crippen molar-refractivity contribution >= 4 is 46.9 Å². The second-order valence-corrected chi connectivity index (χ2v) is 18.0. The summed E-state index contributed by atoms with van der Waals surface area (Å²) < 4.78 is 28.4. The van der Waals surface area contributed by atoms with Gasteiger partial charge in [0.2, 0.25) is 5.79 Å². The number of anilines is 2. The number of hydrazone groups is 1. The minimum atomic E-state index is -1.24. The van der Waals surface area contributed by atoms with Gasteiger partial charge in [0.25, 0.3) is 0 Å². The average Bonchev–Trinajstić information content (AvgIpc) is 4.08. The molecule has 3 aliphatic rings. The molecule has 2 saturated heterocycles. The monoisotopic (exact) mass is 945 g/mol. The molecule has 2 aromatic heterocycles. The zero-order valence-corrected chi connectivity index (χ0v) is 39.4. The molecule has 0 saturated carbocycles. The quantitative estimate of drug-likeness (QED) is 0.0726. The maximum absolute atomic E-state index is 12.9. The van der Waals surface area contributed by atoms with Gasteiger partial charge in [-0.3, -0.25) is 9.99 Å². The largest absolute Gasteiger partial charge is 0.491 e. The third-order valence-electron chi connectivity index (χ3n) is 12.4. The lowest BCUT2D eigenvalue weighted by molar-refractivity contribution is -0.192. The lowest BCUT2D eigenvalue weighted by Crippen LogP contribution is -2.46. The molecular formula is C50H53Cl2N9O6. The average molecular weight is 947 g/mol. The Kier molecular flexibility index (Phi) is 13.5. The molecule has 3 atom stereocenters. The summed E-state index contributed by atoms with van der Waals surface area (Å²) in [6, 6.07) is 29.1. The fourth-order valence-corrected chi connectivity index (χ4v) is 9.28. The molecule has 0 N–H and O–H groups in total. The first-order chi connectivity index (χ1) is 32.4. The second-order valence-electron chi connectivity index (χ2n) is 17.2. The molecule has 3 unspecified atom stereocenters. The number of nitrogens with zero attached hydrogens (tertiary/aromatic N) is 9. The summed E-state index contributed by atoms with van der Waals surface area (Å²) in [5, 5.41) is 11.9. The number of benzene rings is 4. The number of piperazine rings is 1. The number of esters is 1. The Bertz CT molecular complexity index is 2760. The van der Waals surface area contributed by atoms with Gasteiger partial charge in [-0.2, -0.15) is 10.2 Å². The number of carbonyl (C=O) groups excluding carboxylic acids is 1. The molecule has 0 spiro atoms. The molecule has 15 nitrogen and oxygen atoms in total. The van der Waals surface area contributed by atoms with Gasteiger partial charge < -0.3 is 33.6 Å². The molecule has 4 aromatic carbocycles. The SMILES string of the molecule is CCC(C)n1ncn(-c2ccc(N3CCN(c4ccc(OCC5COC(CN6CN(Cc7cc(C)c(OC(=O)c8cccnc8)c(C)c7)C=N6)(c6ccc(Cl)cc6Cl)O5)cc4)CC3)cc2)c1=O. The molecule has 2 fully saturated rings. The number of rotatable bonds is 15. The smallest absolute Gasteiger partial charge is 0.350 e. The minimum absolute atomic E-state index is 0.0502. The Labute approximate surface area is 399 Å². The highest BCUT2D eigenvalue weighted by Gasteiger charge is 2.47. The first kappa shape index (κ1) is 45.8. The maximum atomic E-state index is 12.9. The van der Waals surface area contributed by atoms with Gasteiger partial charge in [0.15, 0.2) is 0 Å². The van der Waals surface area contributed by atoms with Crippen LogP contribution in [-0.4, -0.2) is 100 Å². The first-order valence-electron chi connectivity index (χ1n) is 22.5. The predicted octanol–water partition coefficient (Wildman–Crippen LogP) is 8.24. The van der Waals surface area contributed by atoms with Gasteiger partial charge in [-0.05, 0) is 117 Å². The van der Waals surface area contributed by atoms with Crippen molar-refractivity contribution in [3.8, 4) is 17.2 Å². The Hall–Kier alpha value is -6.39. The van der Waals surface area contributed by atoms with E-state index in [0.717, 1.165) is 72.1 Å². The molecule has 0 aliphatic carbocycles. The molecule has 9 rings (SSSR count). The number of halogens is 2. The number of aromatic nitrogens is 4. The van der Waals surface area contributed by atoms with Crippen LogP contribution < -0.4 is 25.0 Å². The van der Waals surface area contributed by atoms with Crippen LogP contribution in [0.3, 0.4) is 0 Å². The number of pyridine rings is 1. The second kappa shape index (κ2) is 19.8. The topological polar surface area (TPSA) is 132 Å². The summed E-state index contributed by atoms with van der Waals surface area (Å²) in [6.45, 7) is 13.2. The van der Waals surface area contributed by atoms with Gasteiger partial charge in [-0.1, -0.05) is 48.3 Å². The van der Waals surface area contributed by atoms with Crippen molar-refractivity contribution in [2.24, 2.45) is 5.10 Å². The van der Waals surface area contributed by atoms with E-state index in [-0.39, 0.29) is 31.5 Å². The van der Waals surface area contributed by atoms with Crippen LogP contribution in [0, 0.1) is 13.8 Å². The molecule has 3 aliphatic heterocycles. The van der Waals surface area contributed by atoms with Crippen LogP contribution in [-0.2, 0) is 21.8 Å². The zero-order chi connectivity index (χ0) is 46.7. The summed E-state index contributed by atoms with van der Waals surface area (Å²) in [4.78, 5) is 36.5. The van der Waals surface area contributed by atoms with Crippen LogP contribution in [0.2, 0.25) is 10.0 Å². The van der Waals surface area contributed by atoms with Gasteiger partial charge in [-0.15, -0.1) is 0 Å². The van der Waals surface area contributed by atoms with E-state index in [1.165, 1.54) is 10.9 Å². The highest BCUT2D eigenvalue weighted by atomic mass is 35.5. The van der Waals surface area contributed by atoms with Crippen molar-refractivity contribution in [2.75, 3.05) is 62.4 Å². The molecule has 5 heterocycles. The fraction of sp³-hybridized carbons (Fsp3) is 0.340. The summed E-state index contributed by atoms with van der Waals surface area (Å²) in [5.41, 5.74) is 6.72. The summed E-state index contributed by atoms with van der Waals surface area (Å²) in [7, 11) is 0. The maximum Gasteiger partial charge on any atom is 0.350 e. The Morgan fingerprint density at radius 3 is 2.25 bits per heavy atom. The lowest BCUT2D eigenvalue weighted by atomic mass is 10.0. The number of carbonyl (C=O) groups is 1. The molecule has 0 amide bonds. The van der Waals surface area contributed by atoms with E-state index in [1.54, 1.807) is 47.7 Å². The Balaban J connectivity index is 0.779. The zero-order valence-electron chi connectivity index (χ0n) is 37.9. The van der Waals surface area contributed by atoms with Gasteiger partial charge >= 0.3 is 11.7 Å². The van der Waals surface area contributed by atoms with Crippen molar-refractivity contribution in [3.63, 3.8) is 0 Å². The summed E-state index contributed by atoms with van der Waals surface area (Å²) >= 11 is 13.1. The van der Waals surface area contributed by atoms with E-state index < -0.39 is 17.9 Å². The van der Waals surface area contributed by atoms with Crippen molar-refractivity contribution in [3.05, 3.63) is 158 Å². The molecule has 67 heavy (non-hydrogen) atoms. The molecule has 6 aromatic rings. The molecule has 348 valence electrons. The third-order valence-corrected chi connectivity index (χ3v) is 13.0.